The van der Waals surface area contributed by atoms with E-state index in [9.17, 15) is 9.90 Å². The average molecular weight is 368 g/mol. The number of hydrogen-bond donors (Lipinski definition) is 2. The first-order valence-electron chi connectivity index (χ1n) is 9.92. The summed E-state index contributed by atoms with van der Waals surface area (Å²) in [5, 5.41) is 18.2. The van der Waals surface area contributed by atoms with Gasteiger partial charge >= 0.3 is 0 Å². The van der Waals surface area contributed by atoms with Crippen molar-refractivity contribution in [3.63, 3.8) is 0 Å². The largest absolute Gasteiger partial charge is 0.504 e. The third-order valence-corrected chi connectivity index (χ3v) is 6.03. The van der Waals surface area contributed by atoms with E-state index >= 15 is 0 Å². The Morgan fingerprint density at radius 3 is 2.37 bits per heavy atom. The molecule has 0 unspecified atom stereocenters. The summed E-state index contributed by atoms with van der Waals surface area (Å²) in [6.07, 6.45) is 3.55. The van der Waals surface area contributed by atoms with Crippen LogP contribution in [0.2, 0.25) is 0 Å². The molecule has 27 heavy (non-hydrogen) atoms. The summed E-state index contributed by atoms with van der Waals surface area (Å²) < 4.78 is 1.59. The van der Waals surface area contributed by atoms with Gasteiger partial charge in [0.1, 0.15) is 0 Å². The van der Waals surface area contributed by atoms with Gasteiger partial charge in [0.2, 0.25) is 0 Å². The van der Waals surface area contributed by atoms with Gasteiger partial charge in [-0.05, 0) is 61.4 Å². The molecule has 6 heteroatoms. The lowest BCUT2D eigenvalue weighted by atomic mass is 9.92. The van der Waals surface area contributed by atoms with Gasteiger partial charge in [0.25, 0.3) is 5.91 Å². The topological polar surface area (TPSA) is 70.4 Å². The van der Waals surface area contributed by atoms with E-state index in [4.69, 9.17) is 0 Å². The van der Waals surface area contributed by atoms with E-state index in [1.54, 1.807) is 4.68 Å². The number of aromatic nitrogens is 2. The van der Waals surface area contributed by atoms with Gasteiger partial charge in [-0.15, -0.1) is 0 Å². The van der Waals surface area contributed by atoms with Crippen LogP contribution in [0.15, 0.2) is 30.5 Å². The molecule has 0 bridgehead atoms. The molecule has 6 nitrogen and oxygen atoms in total. The molecule has 2 atom stereocenters. The van der Waals surface area contributed by atoms with Crippen LogP contribution in [-0.4, -0.2) is 51.9 Å². The number of benzene rings is 1. The molecular weight excluding hydrogens is 340 g/mol. The average Bonchev–Trinajstić information content (AvgIpc) is 3.22. The lowest BCUT2D eigenvalue weighted by molar-refractivity contribution is 0.0749. The number of aromatic hydroxyl groups is 1. The van der Waals surface area contributed by atoms with Gasteiger partial charge in [-0.2, -0.15) is 5.10 Å². The Hall–Kier alpha value is -2.34. The molecule has 2 saturated heterocycles. The maximum absolute atomic E-state index is 13.0. The Morgan fingerprint density at radius 2 is 1.78 bits per heavy atom. The first kappa shape index (κ1) is 18.0. The number of carbonyl (C=O) groups excluding carboxylic acids is 1. The minimum Gasteiger partial charge on any atom is -0.504 e. The minimum absolute atomic E-state index is 0.0564. The van der Waals surface area contributed by atoms with Crippen molar-refractivity contribution < 1.29 is 9.90 Å². The lowest BCUT2D eigenvalue weighted by Crippen LogP contribution is -2.33. The second kappa shape index (κ2) is 7.35. The molecular formula is C21H28N4O2. The van der Waals surface area contributed by atoms with E-state index in [1.165, 1.54) is 11.8 Å². The summed E-state index contributed by atoms with van der Waals surface area (Å²) in [4.78, 5) is 14.8. The number of nitrogens with zero attached hydrogens (tertiary/aromatic N) is 3. The van der Waals surface area contributed by atoms with Crippen molar-refractivity contribution in [2.45, 2.75) is 32.6 Å². The highest BCUT2D eigenvalue weighted by Crippen LogP contribution is 2.29. The molecule has 2 N–H and O–H groups in total. The molecule has 1 aromatic carbocycles. The summed E-state index contributed by atoms with van der Waals surface area (Å²) in [6, 6.07) is 8.05. The number of likely N-dealkylation sites (tertiary alicyclic amines) is 1. The van der Waals surface area contributed by atoms with Crippen LogP contribution in [0.1, 0.15) is 48.7 Å². The first-order valence-corrected chi connectivity index (χ1v) is 9.92. The fourth-order valence-electron chi connectivity index (χ4n) is 4.23. The highest BCUT2D eigenvalue weighted by Gasteiger charge is 2.33. The minimum atomic E-state index is -0.169. The molecule has 3 heterocycles. The van der Waals surface area contributed by atoms with Crippen molar-refractivity contribution in [3.8, 4) is 11.4 Å². The Bertz CT molecular complexity index is 798. The van der Waals surface area contributed by atoms with E-state index in [2.05, 4.69) is 36.4 Å². The van der Waals surface area contributed by atoms with Gasteiger partial charge in [-0.1, -0.05) is 26.0 Å². The van der Waals surface area contributed by atoms with Gasteiger partial charge in [-0.3, -0.25) is 4.79 Å². The molecule has 1 amide bonds. The van der Waals surface area contributed by atoms with Crippen LogP contribution in [0.3, 0.4) is 0 Å². The highest BCUT2D eigenvalue weighted by molar-refractivity contribution is 5.94. The number of nitrogens with one attached hydrogen (secondary N) is 1. The summed E-state index contributed by atoms with van der Waals surface area (Å²) in [5.74, 6) is 1.55. The number of hydrogen-bond acceptors (Lipinski definition) is 4. The van der Waals surface area contributed by atoms with Crippen molar-refractivity contribution in [2.75, 3.05) is 26.2 Å². The van der Waals surface area contributed by atoms with E-state index in [0.717, 1.165) is 44.7 Å². The normalized spacial score (nSPS) is 22.7. The zero-order valence-corrected chi connectivity index (χ0v) is 16.1. The zero-order chi connectivity index (χ0) is 19.0. The van der Waals surface area contributed by atoms with Crippen LogP contribution in [-0.2, 0) is 0 Å². The monoisotopic (exact) mass is 368 g/mol. The molecule has 4 rings (SSSR count). The van der Waals surface area contributed by atoms with Gasteiger partial charge < -0.3 is 15.3 Å². The third-order valence-electron chi connectivity index (χ3n) is 6.03. The molecule has 144 valence electrons. The lowest BCUT2D eigenvalue weighted by Gasteiger charge is -2.19. The summed E-state index contributed by atoms with van der Waals surface area (Å²) >= 11 is 0. The Balaban J connectivity index is 1.51. The van der Waals surface area contributed by atoms with E-state index < -0.39 is 0 Å². The van der Waals surface area contributed by atoms with Crippen LogP contribution >= 0.6 is 0 Å². The maximum Gasteiger partial charge on any atom is 0.278 e. The maximum atomic E-state index is 13.0. The molecule has 2 aliphatic heterocycles. The summed E-state index contributed by atoms with van der Waals surface area (Å²) in [5.41, 5.74) is 2.23. The Kier molecular flexibility index (Phi) is 4.91. The van der Waals surface area contributed by atoms with Crippen LogP contribution in [0, 0.1) is 11.8 Å². The Morgan fingerprint density at radius 1 is 1.15 bits per heavy atom. The van der Waals surface area contributed by atoms with Gasteiger partial charge in [-0.25, -0.2) is 4.68 Å². The fourth-order valence-corrected chi connectivity index (χ4v) is 4.23. The number of carbonyl (C=O) groups is 1. The third kappa shape index (κ3) is 3.58. The molecule has 2 aromatic rings. The van der Waals surface area contributed by atoms with Gasteiger partial charge in [0.05, 0.1) is 11.9 Å². The van der Waals surface area contributed by atoms with Crippen molar-refractivity contribution in [1.82, 2.24) is 20.0 Å². The molecule has 1 aromatic heterocycles. The van der Waals surface area contributed by atoms with Gasteiger partial charge in [0, 0.05) is 13.1 Å². The van der Waals surface area contributed by atoms with Gasteiger partial charge in [0.15, 0.2) is 11.4 Å². The SMILES string of the molecule is CC(C)c1ccc(-n2cc(O)c(C(=O)N3CC[C@@H]4CNC[C@@H]4CC3)n2)cc1. The van der Waals surface area contributed by atoms with Crippen LogP contribution in [0.5, 0.6) is 5.75 Å². The van der Waals surface area contributed by atoms with E-state index in [1.807, 2.05) is 17.0 Å². The molecule has 2 fully saturated rings. The first-order chi connectivity index (χ1) is 13.0. The predicted molar refractivity (Wildman–Crippen MR) is 104 cm³/mol. The molecule has 0 aliphatic carbocycles. The number of rotatable bonds is 3. The predicted octanol–water partition coefficient (Wildman–Crippen LogP) is 2.77. The van der Waals surface area contributed by atoms with Crippen molar-refractivity contribution in [3.05, 3.63) is 41.7 Å². The molecule has 0 spiro atoms. The second-order valence-corrected chi connectivity index (χ2v) is 8.10. The van der Waals surface area contributed by atoms with Crippen molar-refractivity contribution >= 4 is 5.91 Å². The number of amides is 1. The quantitative estimate of drug-likeness (QED) is 0.874. The Labute approximate surface area is 160 Å². The number of fused-ring (bicyclic) bond motifs is 1. The molecule has 0 radical (unpaired) electrons. The van der Waals surface area contributed by atoms with Crippen LogP contribution in [0.25, 0.3) is 5.69 Å². The van der Waals surface area contributed by atoms with E-state index in [-0.39, 0.29) is 17.4 Å². The fraction of sp³-hybridized carbons (Fsp3) is 0.524. The van der Waals surface area contributed by atoms with E-state index in [0.29, 0.717) is 17.8 Å². The van der Waals surface area contributed by atoms with Crippen molar-refractivity contribution in [1.29, 1.82) is 0 Å². The highest BCUT2D eigenvalue weighted by atomic mass is 16.3. The van der Waals surface area contributed by atoms with Crippen LogP contribution in [0.4, 0.5) is 0 Å². The molecule has 0 saturated carbocycles. The summed E-state index contributed by atoms with van der Waals surface area (Å²) in [6.45, 7) is 7.87. The standard InChI is InChI=1S/C21H28N4O2/c1-14(2)15-3-5-18(6-4-15)25-13-19(26)20(23-25)21(27)24-9-7-16-11-22-12-17(16)8-10-24/h3-6,13-14,16-17,22,26H,7-12H2,1-2H3/t16-,17+. The van der Waals surface area contributed by atoms with Crippen molar-refractivity contribution in [2.24, 2.45) is 11.8 Å². The smallest absolute Gasteiger partial charge is 0.278 e. The van der Waals surface area contributed by atoms with Crippen LogP contribution < -0.4 is 5.32 Å². The summed E-state index contributed by atoms with van der Waals surface area (Å²) in [7, 11) is 0. The second-order valence-electron chi connectivity index (χ2n) is 8.10. The zero-order valence-electron chi connectivity index (χ0n) is 16.1. The molecule has 2 aliphatic rings.